The van der Waals surface area contributed by atoms with Gasteiger partial charge in [-0.1, -0.05) is 23.7 Å². The topological polar surface area (TPSA) is 67.9 Å². The van der Waals surface area contributed by atoms with Gasteiger partial charge in [-0.2, -0.15) is 0 Å². The van der Waals surface area contributed by atoms with Crippen molar-refractivity contribution in [3.05, 3.63) is 52.0 Å². The molecule has 28 heavy (non-hydrogen) atoms. The first kappa shape index (κ1) is 18.6. The van der Waals surface area contributed by atoms with Gasteiger partial charge in [-0.05, 0) is 48.7 Å². The second-order valence-corrected chi connectivity index (χ2v) is 7.70. The van der Waals surface area contributed by atoms with Crippen LogP contribution in [0.3, 0.4) is 0 Å². The molecule has 1 N–H and O–H groups in total. The Bertz CT molecular complexity index is 936. The van der Waals surface area contributed by atoms with E-state index in [0.29, 0.717) is 35.3 Å². The van der Waals surface area contributed by atoms with Crippen molar-refractivity contribution in [1.82, 2.24) is 4.90 Å². The number of amides is 2. The summed E-state index contributed by atoms with van der Waals surface area (Å²) in [5.74, 6) is 0.764. The van der Waals surface area contributed by atoms with E-state index in [1.165, 1.54) is 0 Å². The maximum absolute atomic E-state index is 12.7. The van der Waals surface area contributed by atoms with Gasteiger partial charge in [-0.3, -0.25) is 9.59 Å². The SMILES string of the molecule is Cc1cc(C)c(NC(=O)C2CC(=O)N(Cc3ccc4c(c3)OCO4)C2)c(Cl)c1. The summed E-state index contributed by atoms with van der Waals surface area (Å²) in [7, 11) is 0. The van der Waals surface area contributed by atoms with Crippen LogP contribution in [0.4, 0.5) is 5.69 Å². The number of halogens is 1. The number of aryl methyl sites for hydroxylation is 2. The van der Waals surface area contributed by atoms with Crippen molar-refractivity contribution in [2.24, 2.45) is 5.92 Å². The number of hydrogen-bond acceptors (Lipinski definition) is 4. The molecule has 2 aromatic rings. The van der Waals surface area contributed by atoms with Crippen molar-refractivity contribution in [1.29, 1.82) is 0 Å². The standard InChI is InChI=1S/C21H21ClN2O4/c1-12-5-13(2)20(16(22)6-12)23-21(26)15-8-19(25)24(10-15)9-14-3-4-17-18(7-14)28-11-27-17/h3-7,15H,8-11H2,1-2H3,(H,23,26). The molecule has 4 rings (SSSR count). The molecule has 2 heterocycles. The molecule has 7 heteroatoms. The Hall–Kier alpha value is -2.73. The van der Waals surface area contributed by atoms with Gasteiger partial charge in [-0.15, -0.1) is 0 Å². The van der Waals surface area contributed by atoms with Crippen LogP contribution in [-0.4, -0.2) is 30.1 Å². The average Bonchev–Trinajstić information content (AvgIpc) is 3.24. The van der Waals surface area contributed by atoms with Gasteiger partial charge in [0.1, 0.15) is 0 Å². The van der Waals surface area contributed by atoms with Crippen LogP contribution in [0.2, 0.25) is 5.02 Å². The number of likely N-dealkylation sites (tertiary alicyclic amines) is 1. The minimum Gasteiger partial charge on any atom is -0.454 e. The van der Waals surface area contributed by atoms with E-state index in [1.807, 2.05) is 44.2 Å². The van der Waals surface area contributed by atoms with Gasteiger partial charge in [0.05, 0.1) is 16.6 Å². The third kappa shape index (κ3) is 3.64. The summed E-state index contributed by atoms with van der Waals surface area (Å²) in [5.41, 5.74) is 3.49. The Morgan fingerprint density at radius 2 is 2.00 bits per heavy atom. The highest BCUT2D eigenvalue weighted by molar-refractivity contribution is 6.34. The molecule has 0 aromatic heterocycles. The Balaban J connectivity index is 1.42. The molecule has 2 aliphatic rings. The lowest BCUT2D eigenvalue weighted by atomic mass is 10.1. The number of ether oxygens (including phenoxy) is 2. The number of nitrogens with zero attached hydrogens (tertiary/aromatic N) is 1. The quantitative estimate of drug-likeness (QED) is 0.850. The smallest absolute Gasteiger partial charge is 0.231 e. The number of fused-ring (bicyclic) bond motifs is 1. The Morgan fingerprint density at radius 1 is 1.21 bits per heavy atom. The second kappa shape index (κ2) is 7.36. The van der Waals surface area contributed by atoms with Crippen LogP contribution in [0, 0.1) is 19.8 Å². The first-order valence-corrected chi connectivity index (χ1v) is 9.52. The van der Waals surface area contributed by atoms with Crippen molar-refractivity contribution in [2.75, 3.05) is 18.7 Å². The van der Waals surface area contributed by atoms with Crippen LogP contribution in [0.5, 0.6) is 11.5 Å². The number of carbonyl (C=O) groups excluding carboxylic acids is 2. The van der Waals surface area contributed by atoms with E-state index in [9.17, 15) is 9.59 Å². The fraction of sp³-hybridized carbons (Fsp3) is 0.333. The molecular weight excluding hydrogens is 380 g/mol. The van der Waals surface area contributed by atoms with Crippen molar-refractivity contribution >= 4 is 29.1 Å². The predicted octanol–water partition coefficient (Wildman–Crippen LogP) is 3.67. The normalized spacial score (nSPS) is 17.9. The average molecular weight is 401 g/mol. The van der Waals surface area contributed by atoms with E-state index in [0.717, 1.165) is 16.7 Å². The summed E-state index contributed by atoms with van der Waals surface area (Å²) in [5, 5.41) is 3.41. The molecule has 2 aromatic carbocycles. The molecule has 2 aliphatic heterocycles. The third-order valence-corrected chi connectivity index (χ3v) is 5.37. The van der Waals surface area contributed by atoms with E-state index < -0.39 is 5.92 Å². The molecule has 1 fully saturated rings. The molecule has 1 saturated heterocycles. The lowest BCUT2D eigenvalue weighted by molar-refractivity contribution is -0.128. The molecule has 146 valence electrons. The maximum Gasteiger partial charge on any atom is 0.231 e. The van der Waals surface area contributed by atoms with Crippen molar-refractivity contribution < 1.29 is 19.1 Å². The van der Waals surface area contributed by atoms with Crippen LogP contribution in [0.1, 0.15) is 23.1 Å². The Labute approximate surface area is 168 Å². The number of nitrogens with one attached hydrogen (secondary N) is 1. The number of benzene rings is 2. The molecule has 0 radical (unpaired) electrons. The predicted molar refractivity (Wildman–Crippen MR) is 106 cm³/mol. The van der Waals surface area contributed by atoms with Crippen LogP contribution in [0.25, 0.3) is 0 Å². The molecule has 0 saturated carbocycles. The van der Waals surface area contributed by atoms with Gasteiger partial charge in [0.25, 0.3) is 0 Å². The first-order valence-electron chi connectivity index (χ1n) is 9.14. The molecule has 0 bridgehead atoms. The lowest BCUT2D eigenvalue weighted by Gasteiger charge is -2.17. The molecule has 6 nitrogen and oxygen atoms in total. The van der Waals surface area contributed by atoms with E-state index in [-0.39, 0.29) is 25.0 Å². The highest BCUT2D eigenvalue weighted by Crippen LogP contribution is 2.34. The number of rotatable bonds is 4. The van der Waals surface area contributed by atoms with Gasteiger partial charge < -0.3 is 19.7 Å². The van der Waals surface area contributed by atoms with Gasteiger partial charge in [0, 0.05) is 19.5 Å². The lowest BCUT2D eigenvalue weighted by Crippen LogP contribution is -2.28. The van der Waals surface area contributed by atoms with Gasteiger partial charge >= 0.3 is 0 Å². The zero-order valence-electron chi connectivity index (χ0n) is 15.8. The van der Waals surface area contributed by atoms with Crippen molar-refractivity contribution in [3.63, 3.8) is 0 Å². The highest BCUT2D eigenvalue weighted by Gasteiger charge is 2.34. The number of carbonyl (C=O) groups is 2. The molecule has 0 spiro atoms. The summed E-state index contributed by atoms with van der Waals surface area (Å²) in [6, 6.07) is 9.40. The largest absolute Gasteiger partial charge is 0.454 e. The van der Waals surface area contributed by atoms with Crippen molar-refractivity contribution in [3.8, 4) is 11.5 Å². The monoisotopic (exact) mass is 400 g/mol. The van der Waals surface area contributed by atoms with Crippen LogP contribution in [-0.2, 0) is 16.1 Å². The number of hydrogen-bond donors (Lipinski definition) is 1. The van der Waals surface area contributed by atoms with Gasteiger partial charge in [0.2, 0.25) is 18.6 Å². The van der Waals surface area contributed by atoms with E-state index in [1.54, 1.807) is 4.90 Å². The summed E-state index contributed by atoms with van der Waals surface area (Å²) >= 11 is 6.28. The van der Waals surface area contributed by atoms with Crippen LogP contribution >= 0.6 is 11.6 Å². The summed E-state index contributed by atoms with van der Waals surface area (Å²) in [4.78, 5) is 26.8. The molecule has 2 amide bonds. The maximum atomic E-state index is 12.7. The fourth-order valence-electron chi connectivity index (χ4n) is 3.66. The van der Waals surface area contributed by atoms with E-state index in [4.69, 9.17) is 21.1 Å². The fourth-order valence-corrected chi connectivity index (χ4v) is 4.03. The number of anilines is 1. The zero-order chi connectivity index (χ0) is 19.8. The van der Waals surface area contributed by atoms with Crippen molar-refractivity contribution in [2.45, 2.75) is 26.8 Å². The molecule has 1 atom stereocenters. The highest BCUT2D eigenvalue weighted by atomic mass is 35.5. The van der Waals surface area contributed by atoms with Crippen LogP contribution in [0.15, 0.2) is 30.3 Å². The minimum atomic E-state index is -0.404. The Kier molecular flexibility index (Phi) is 4.89. The Morgan fingerprint density at radius 3 is 2.79 bits per heavy atom. The van der Waals surface area contributed by atoms with Gasteiger partial charge in [-0.25, -0.2) is 0 Å². The summed E-state index contributed by atoms with van der Waals surface area (Å²) < 4.78 is 10.7. The molecule has 1 unspecified atom stereocenters. The summed E-state index contributed by atoms with van der Waals surface area (Å²) in [6.07, 6.45) is 0.193. The summed E-state index contributed by atoms with van der Waals surface area (Å²) in [6.45, 7) is 4.88. The molecule has 0 aliphatic carbocycles. The molecular formula is C21H21ClN2O4. The van der Waals surface area contributed by atoms with E-state index in [2.05, 4.69) is 5.32 Å². The second-order valence-electron chi connectivity index (χ2n) is 7.29. The minimum absolute atomic E-state index is 0.0375. The first-order chi connectivity index (χ1) is 13.4. The van der Waals surface area contributed by atoms with E-state index >= 15 is 0 Å². The zero-order valence-corrected chi connectivity index (χ0v) is 16.5. The van der Waals surface area contributed by atoms with Gasteiger partial charge in [0.15, 0.2) is 11.5 Å². The van der Waals surface area contributed by atoms with Crippen LogP contribution < -0.4 is 14.8 Å². The third-order valence-electron chi connectivity index (χ3n) is 5.08.